The van der Waals surface area contributed by atoms with E-state index >= 15 is 0 Å². The first kappa shape index (κ1) is 21.1. The molecule has 0 spiro atoms. The summed E-state index contributed by atoms with van der Waals surface area (Å²) in [7, 11) is 1.56. The molecule has 1 saturated heterocycles. The zero-order valence-electron chi connectivity index (χ0n) is 17.4. The number of cyclic esters (lactones) is 1. The molecule has 4 rings (SSSR count). The van der Waals surface area contributed by atoms with Gasteiger partial charge in [-0.25, -0.2) is 9.78 Å². The molecule has 0 bridgehead atoms. The van der Waals surface area contributed by atoms with Crippen molar-refractivity contribution in [3.8, 4) is 0 Å². The fourth-order valence-corrected chi connectivity index (χ4v) is 3.85. The lowest BCUT2D eigenvalue weighted by Gasteiger charge is -2.21. The number of nitrogens with one attached hydrogen (secondary N) is 2. The molecule has 0 saturated carbocycles. The van der Waals surface area contributed by atoms with Crippen LogP contribution in [0.15, 0.2) is 36.4 Å². The number of aromatic nitrogens is 2. The number of imidazole rings is 1. The van der Waals surface area contributed by atoms with Crippen molar-refractivity contribution in [2.45, 2.75) is 25.9 Å². The molecule has 1 fully saturated rings. The number of fused-ring (bicyclic) bond motifs is 1. The van der Waals surface area contributed by atoms with Gasteiger partial charge in [0.2, 0.25) is 0 Å². The van der Waals surface area contributed by atoms with Crippen molar-refractivity contribution in [3.63, 3.8) is 0 Å². The summed E-state index contributed by atoms with van der Waals surface area (Å²) in [5, 5.41) is 3.55. The number of aromatic amines is 1. The summed E-state index contributed by atoms with van der Waals surface area (Å²) in [6.45, 7) is 4.37. The Bertz CT molecular complexity index is 1150. The van der Waals surface area contributed by atoms with E-state index in [1.807, 2.05) is 19.9 Å². The van der Waals surface area contributed by atoms with E-state index in [2.05, 4.69) is 15.3 Å². The molecule has 2 atom stereocenters. The monoisotopic (exact) mass is 442 g/mol. The van der Waals surface area contributed by atoms with Gasteiger partial charge in [0.05, 0.1) is 29.4 Å². The van der Waals surface area contributed by atoms with Gasteiger partial charge in [-0.3, -0.25) is 9.69 Å². The van der Waals surface area contributed by atoms with Crippen molar-refractivity contribution >= 4 is 40.3 Å². The first-order valence-corrected chi connectivity index (χ1v) is 10.3. The highest BCUT2D eigenvalue weighted by molar-refractivity contribution is 6.31. The second-order valence-corrected chi connectivity index (χ2v) is 8.00. The molecule has 2 aromatic carbocycles. The Labute approximate surface area is 184 Å². The van der Waals surface area contributed by atoms with Gasteiger partial charge in [-0.15, -0.1) is 0 Å². The molecule has 9 heteroatoms. The van der Waals surface area contributed by atoms with Gasteiger partial charge in [0.15, 0.2) is 0 Å². The number of halogens is 1. The van der Waals surface area contributed by atoms with E-state index in [1.54, 1.807) is 42.3 Å². The third-order valence-electron chi connectivity index (χ3n) is 5.24. The molecule has 2 heterocycles. The quantitative estimate of drug-likeness (QED) is 0.601. The number of hydrogen-bond donors (Lipinski definition) is 2. The number of hydrogen-bond acceptors (Lipinski definition) is 5. The minimum atomic E-state index is -0.475. The van der Waals surface area contributed by atoms with Crippen molar-refractivity contribution in [2.75, 3.05) is 25.2 Å². The first-order chi connectivity index (χ1) is 14.9. The fourth-order valence-electron chi connectivity index (χ4n) is 3.68. The van der Waals surface area contributed by atoms with Crippen LogP contribution in [0.5, 0.6) is 0 Å². The van der Waals surface area contributed by atoms with Gasteiger partial charge < -0.3 is 19.8 Å². The SMILES string of the molecule is COC[C@H](NC(=O)c1ccc(N2C(=O)OC[C@@H]2C)c(C)c1)c1nc2cc(Cl)ccc2[nH]1. The molecule has 1 aliphatic heterocycles. The standard InChI is InChI=1S/C22H23ClN4O4/c1-12-8-14(4-7-19(12)27-13(2)10-31-22(27)29)21(28)26-18(11-30-3)20-24-16-6-5-15(23)9-17(16)25-20/h4-9,13,18H,10-11H2,1-3H3,(H,24,25)(H,26,28)/t13-,18-/m0/s1. The minimum Gasteiger partial charge on any atom is -0.447 e. The molecular formula is C22H23ClN4O4. The van der Waals surface area contributed by atoms with Crippen LogP contribution in [-0.2, 0) is 9.47 Å². The number of benzene rings is 2. The zero-order chi connectivity index (χ0) is 22.1. The Balaban J connectivity index is 1.56. The molecule has 1 aliphatic rings. The van der Waals surface area contributed by atoms with Crippen LogP contribution >= 0.6 is 11.6 Å². The van der Waals surface area contributed by atoms with Crippen LogP contribution in [0.2, 0.25) is 5.02 Å². The highest BCUT2D eigenvalue weighted by atomic mass is 35.5. The van der Waals surface area contributed by atoms with Gasteiger partial charge >= 0.3 is 6.09 Å². The fraction of sp³-hybridized carbons (Fsp3) is 0.318. The lowest BCUT2D eigenvalue weighted by molar-refractivity contribution is 0.0892. The predicted octanol–water partition coefficient (Wildman–Crippen LogP) is 3.99. The Hall–Kier alpha value is -3.10. The number of carbonyl (C=O) groups is 2. The normalized spacial score (nSPS) is 17.1. The van der Waals surface area contributed by atoms with Crippen molar-refractivity contribution in [1.82, 2.24) is 15.3 Å². The van der Waals surface area contributed by atoms with Gasteiger partial charge in [-0.05, 0) is 55.8 Å². The molecule has 8 nitrogen and oxygen atoms in total. The number of amides is 2. The summed E-state index contributed by atoms with van der Waals surface area (Å²) in [4.78, 5) is 34.3. The Morgan fingerprint density at radius 1 is 1.39 bits per heavy atom. The molecule has 2 N–H and O–H groups in total. The average molecular weight is 443 g/mol. The highest BCUT2D eigenvalue weighted by Crippen LogP contribution is 2.28. The molecule has 2 amide bonds. The third kappa shape index (κ3) is 4.22. The maximum Gasteiger partial charge on any atom is 0.414 e. The molecule has 1 aromatic heterocycles. The maximum atomic E-state index is 13.0. The van der Waals surface area contributed by atoms with E-state index in [4.69, 9.17) is 21.1 Å². The Morgan fingerprint density at radius 3 is 2.87 bits per heavy atom. The van der Waals surface area contributed by atoms with E-state index in [-0.39, 0.29) is 24.6 Å². The average Bonchev–Trinajstić information content (AvgIpc) is 3.30. The molecule has 0 radical (unpaired) electrons. The minimum absolute atomic E-state index is 0.0569. The summed E-state index contributed by atoms with van der Waals surface area (Å²) in [6.07, 6.45) is -0.377. The van der Waals surface area contributed by atoms with Crippen molar-refractivity contribution in [2.24, 2.45) is 0 Å². The Kier molecular flexibility index (Phi) is 5.84. The number of carbonyl (C=O) groups excluding carboxylic acids is 2. The van der Waals surface area contributed by atoms with Crippen LogP contribution in [0.1, 0.15) is 34.7 Å². The summed E-state index contributed by atoms with van der Waals surface area (Å²) in [5.74, 6) is 0.307. The molecule has 162 valence electrons. The summed E-state index contributed by atoms with van der Waals surface area (Å²) in [6, 6.07) is 10.1. The number of ether oxygens (including phenoxy) is 2. The van der Waals surface area contributed by atoms with Gasteiger partial charge in [0.25, 0.3) is 5.91 Å². The summed E-state index contributed by atoms with van der Waals surface area (Å²) >= 11 is 6.05. The van der Waals surface area contributed by atoms with E-state index < -0.39 is 6.04 Å². The van der Waals surface area contributed by atoms with Crippen LogP contribution in [0.4, 0.5) is 10.5 Å². The number of aryl methyl sites for hydroxylation is 1. The second-order valence-electron chi connectivity index (χ2n) is 7.56. The third-order valence-corrected chi connectivity index (χ3v) is 5.47. The molecule has 3 aromatic rings. The van der Waals surface area contributed by atoms with Crippen LogP contribution in [0.25, 0.3) is 11.0 Å². The molecule has 0 aliphatic carbocycles. The maximum absolute atomic E-state index is 13.0. The number of H-pyrrole nitrogens is 1. The lowest BCUT2D eigenvalue weighted by atomic mass is 10.1. The molecule has 0 unspecified atom stereocenters. The molecular weight excluding hydrogens is 420 g/mol. The van der Waals surface area contributed by atoms with Gasteiger partial charge in [0.1, 0.15) is 18.5 Å². The number of rotatable bonds is 6. The zero-order valence-corrected chi connectivity index (χ0v) is 18.2. The van der Waals surface area contributed by atoms with Crippen molar-refractivity contribution < 1.29 is 19.1 Å². The van der Waals surface area contributed by atoms with E-state index in [0.29, 0.717) is 28.5 Å². The first-order valence-electron chi connectivity index (χ1n) is 9.89. The number of anilines is 1. The van der Waals surface area contributed by atoms with Crippen LogP contribution in [0, 0.1) is 6.92 Å². The smallest absolute Gasteiger partial charge is 0.414 e. The van der Waals surface area contributed by atoms with Crippen LogP contribution < -0.4 is 10.2 Å². The van der Waals surface area contributed by atoms with Crippen LogP contribution in [-0.4, -0.2) is 48.3 Å². The van der Waals surface area contributed by atoms with Crippen molar-refractivity contribution in [3.05, 3.63) is 58.4 Å². The number of methoxy groups -OCH3 is 1. The predicted molar refractivity (Wildman–Crippen MR) is 118 cm³/mol. The number of nitrogens with zero attached hydrogens (tertiary/aromatic N) is 2. The Morgan fingerprint density at radius 2 is 2.19 bits per heavy atom. The van der Waals surface area contributed by atoms with Gasteiger partial charge in [-0.1, -0.05) is 11.6 Å². The summed E-state index contributed by atoms with van der Waals surface area (Å²) < 4.78 is 10.4. The van der Waals surface area contributed by atoms with Gasteiger partial charge in [-0.2, -0.15) is 0 Å². The van der Waals surface area contributed by atoms with E-state index in [9.17, 15) is 9.59 Å². The van der Waals surface area contributed by atoms with E-state index in [1.165, 1.54) is 0 Å². The second kappa shape index (κ2) is 8.56. The molecule has 31 heavy (non-hydrogen) atoms. The topological polar surface area (TPSA) is 96.6 Å². The van der Waals surface area contributed by atoms with Crippen LogP contribution in [0.3, 0.4) is 0 Å². The lowest BCUT2D eigenvalue weighted by Crippen LogP contribution is -2.33. The highest BCUT2D eigenvalue weighted by Gasteiger charge is 2.32. The van der Waals surface area contributed by atoms with E-state index in [0.717, 1.165) is 16.8 Å². The summed E-state index contributed by atoms with van der Waals surface area (Å²) in [5.41, 5.74) is 3.54. The van der Waals surface area contributed by atoms with Crippen molar-refractivity contribution in [1.29, 1.82) is 0 Å². The van der Waals surface area contributed by atoms with Gasteiger partial charge in [0, 0.05) is 17.7 Å². The largest absolute Gasteiger partial charge is 0.447 e.